The summed E-state index contributed by atoms with van der Waals surface area (Å²) < 4.78 is 13.3. The van der Waals surface area contributed by atoms with Crippen molar-refractivity contribution in [2.24, 2.45) is 0 Å². The summed E-state index contributed by atoms with van der Waals surface area (Å²) >= 11 is 6.10. The van der Waals surface area contributed by atoms with Gasteiger partial charge in [0.15, 0.2) is 0 Å². The highest BCUT2D eigenvalue weighted by Gasteiger charge is 2.21. The first kappa shape index (κ1) is 13.9. The Kier molecular flexibility index (Phi) is 3.55. The van der Waals surface area contributed by atoms with Crippen LogP contribution in [0.2, 0.25) is 5.02 Å². The summed E-state index contributed by atoms with van der Waals surface area (Å²) in [7, 11) is 0. The van der Waals surface area contributed by atoms with Crippen LogP contribution in [0.25, 0.3) is 0 Å². The first-order valence-electron chi connectivity index (χ1n) is 6.59. The molecule has 0 aliphatic carbocycles. The van der Waals surface area contributed by atoms with Gasteiger partial charge in [0.2, 0.25) is 0 Å². The van der Waals surface area contributed by atoms with E-state index in [4.69, 9.17) is 16.7 Å². The number of carboxylic acids is 1. The SMILES string of the molecule is O=C(O)c1ccc2c(c1)CCN2Cc1cc(F)ccc1Cl. The number of anilines is 1. The molecule has 1 N–H and O–H groups in total. The van der Waals surface area contributed by atoms with E-state index in [0.29, 0.717) is 17.1 Å². The molecule has 5 heteroatoms. The lowest BCUT2D eigenvalue weighted by atomic mass is 10.1. The van der Waals surface area contributed by atoms with Crippen molar-refractivity contribution in [2.75, 3.05) is 11.4 Å². The van der Waals surface area contributed by atoms with E-state index < -0.39 is 5.97 Å². The first-order valence-corrected chi connectivity index (χ1v) is 6.97. The molecular formula is C16H13ClFNO2. The molecular weight excluding hydrogens is 293 g/mol. The molecule has 108 valence electrons. The number of hydrogen-bond acceptors (Lipinski definition) is 2. The lowest BCUT2D eigenvalue weighted by Crippen LogP contribution is -2.20. The van der Waals surface area contributed by atoms with E-state index in [1.807, 2.05) is 0 Å². The van der Waals surface area contributed by atoms with Crippen LogP contribution in [0, 0.1) is 5.82 Å². The lowest BCUT2D eigenvalue weighted by Gasteiger charge is -2.20. The molecule has 3 rings (SSSR count). The normalized spacial score (nSPS) is 13.3. The molecule has 1 heterocycles. The maximum Gasteiger partial charge on any atom is 0.335 e. The molecule has 0 fully saturated rings. The van der Waals surface area contributed by atoms with Gasteiger partial charge in [-0.25, -0.2) is 9.18 Å². The highest BCUT2D eigenvalue weighted by Crippen LogP contribution is 2.31. The second-order valence-corrected chi connectivity index (χ2v) is 5.46. The van der Waals surface area contributed by atoms with E-state index in [9.17, 15) is 9.18 Å². The third kappa shape index (κ3) is 2.72. The van der Waals surface area contributed by atoms with Crippen molar-refractivity contribution in [3.63, 3.8) is 0 Å². The van der Waals surface area contributed by atoms with Crippen molar-refractivity contribution >= 4 is 23.3 Å². The van der Waals surface area contributed by atoms with Crippen LogP contribution in [0.15, 0.2) is 36.4 Å². The minimum atomic E-state index is -0.926. The van der Waals surface area contributed by atoms with Crippen LogP contribution in [-0.2, 0) is 13.0 Å². The molecule has 0 bridgehead atoms. The molecule has 0 radical (unpaired) electrons. The van der Waals surface area contributed by atoms with Gasteiger partial charge in [0.1, 0.15) is 5.82 Å². The summed E-state index contributed by atoms with van der Waals surface area (Å²) in [5, 5.41) is 9.55. The number of benzene rings is 2. The Hall–Kier alpha value is -2.07. The van der Waals surface area contributed by atoms with Crippen LogP contribution < -0.4 is 4.90 Å². The Balaban J connectivity index is 1.88. The quantitative estimate of drug-likeness (QED) is 0.939. The van der Waals surface area contributed by atoms with E-state index in [1.54, 1.807) is 24.3 Å². The van der Waals surface area contributed by atoms with Crippen molar-refractivity contribution in [3.05, 3.63) is 63.9 Å². The predicted molar refractivity (Wildman–Crippen MR) is 79.6 cm³/mol. The molecule has 0 unspecified atom stereocenters. The van der Waals surface area contributed by atoms with Gasteiger partial charge in [-0.15, -0.1) is 0 Å². The highest BCUT2D eigenvalue weighted by molar-refractivity contribution is 6.31. The van der Waals surface area contributed by atoms with Gasteiger partial charge in [-0.3, -0.25) is 0 Å². The summed E-state index contributed by atoms with van der Waals surface area (Å²) in [5.74, 6) is -1.24. The van der Waals surface area contributed by atoms with E-state index in [1.165, 1.54) is 12.1 Å². The molecule has 2 aromatic carbocycles. The minimum Gasteiger partial charge on any atom is -0.478 e. The van der Waals surface area contributed by atoms with Crippen molar-refractivity contribution in [1.82, 2.24) is 0 Å². The Morgan fingerprint density at radius 3 is 2.86 bits per heavy atom. The molecule has 3 nitrogen and oxygen atoms in total. The van der Waals surface area contributed by atoms with Gasteiger partial charge in [0.05, 0.1) is 5.56 Å². The van der Waals surface area contributed by atoms with Crippen molar-refractivity contribution in [2.45, 2.75) is 13.0 Å². The molecule has 0 atom stereocenters. The molecule has 1 aliphatic heterocycles. The van der Waals surface area contributed by atoms with Crippen LogP contribution in [0.3, 0.4) is 0 Å². The fraction of sp³-hybridized carbons (Fsp3) is 0.188. The van der Waals surface area contributed by atoms with Crippen molar-refractivity contribution in [3.8, 4) is 0 Å². The third-order valence-corrected chi connectivity index (χ3v) is 4.06. The van der Waals surface area contributed by atoms with E-state index in [0.717, 1.165) is 29.8 Å². The Morgan fingerprint density at radius 1 is 1.29 bits per heavy atom. The van der Waals surface area contributed by atoms with E-state index >= 15 is 0 Å². The number of carbonyl (C=O) groups is 1. The average molecular weight is 306 g/mol. The van der Waals surface area contributed by atoms with Gasteiger partial charge >= 0.3 is 5.97 Å². The van der Waals surface area contributed by atoms with Crippen LogP contribution in [0.1, 0.15) is 21.5 Å². The Labute approximate surface area is 126 Å². The van der Waals surface area contributed by atoms with Gasteiger partial charge in [0, 0.05) is 23.8 Å². The smallest absolute Gasteiger partial charge is 0.335 e. The van der Waals surface area contributed by atoms with Gasteiger partial charge in [-0.2, -0.15) is 0 Å². The zero-order valence-electron chi connectivity index (χ0n) is 11.1. The van der Waals surface area contributed by atoms with Crippen LogP contribution in [0.5, 0.6) is 0 Å². The van der Waals surface area contributed by atoms with Crippen LogP contribution in [-0.4, -0.2) is 17.6 Å². The third-order valence-electron chi connectivity index (χ3n) is 3.69. The van der Waals surface area contributed by atoms with Crippen molar-refractivity contribution < 1.29 is 14.3 Å². The van der Waals surface area contributed by atoms with Gasteiger partial charge in [-0.05, 0) is 53.9 Å². The monoisotopic (exact) mass is 305 g/mol. The fourth-order valence-corrected chi connectivity index (χ4v) is 2.81. The summed E-state index contributed by atoms with van der Waals surface area (Å²) in [4.78, 5) is 13.1. The summed E-state index contributed by atoms with van der Waals surface area (Å²) in [6.07, 6.45) is 0.781. The standard InChI is InChI=1S/C16H13ClFNO2/c17-14-3-2-13(18)8-12(14)9-19-6-5-10-7-11(16(20)21)1-4-15(10)19/h1-4,7-8H,5-6,9H2,(H,20,21). The molecule has 0 saturated carbocycles. The first-order chi connectivity index (χ1) is 10.0. The zero-order chi connectivity index (χ0) is 15.0. The summed E-state index contributed by atoms with van der Waals surface area (Å²) in [5.41, 5.74) is 3.01. The second-order valence-electron chi connectivity index (χ2n) is 5.06. The van der Waals surface area contributed by atoms with E-state index in [-0.39, 0.29) is 5.82 Å². The summed E-state index contributed by atoms with van der Waals surface area (Å²) in [6, 6.07) is 9.42. The molecule has 2 aromatic rings. The average Bonchev–Trinajstić information content (AvgIpc) is 2.85. The number of fused-ring (bicyclic) bond motifs is 1. The lowest BCUT2D eigenvalue weighted by molar-refractivity contribution is 0.0697. The van der Waals surface area contributed by atoms with Crippen molar-refractivity contribution in [1.29, 1.82) is 0 Å². The number of aromatic carboxylic acids is 1. The molecule has 0 saturated heterocycles. The zero-order valence-corrected chi connectivity index (χ0v) is 11.9. The second kappa shape index (κ2) is 5.37. The topological polar surface area (TPSA) is 40.5 Å². The Morgan fingerprint density at radius 2 is 2.10 bits per heavy atom. The van der Waals surface area contributed by atoms with Gasteiger partial charge in [0.25, 0.3) is 0 Å². The number of rotatable bonds is 3. The fourth-order valence-electron chi connectivity index (χ4n) is 2.64. The maximum absolute atomic E-state index is 13.3. The van der Waals surface area contributed by atoms with Gasteiger partial charge < -0.3 is 10.0 Å². The highest BCUT2D eigenvalue weighted by atomic mass is 35.5. The number of nitrogens with zero attached hydrogens (tertiary/aromatic N) is 1. The minimum absolute atomic E-state index is 0.291. The number of hydrogen-bond donors (Lipinski definition) is 1. The molecule has 0 aromatic heterocycles. The predicted octanol–water partition coefficient (Wildman–Crippen LogP) is 3.74. The molecule has 1 aliphatic rings. The summed E-state index contributed by atoms with van der Waals surface area (Å²) in [6.45, 7) is 1.28. The molecule has 21 heavy (non-hydrogen) atoms. The van der Waals surface area contributed by atoms with Gasteiger partial charge in [-0.1, -0.05) is 11.6 Å². The number of carboxylic acid groups (broad SMARTS) is 1. The number of halogens is 2. The largest absolute Gasteiger partial charge is 0.478 e. The van der Waals surface area contributed by atoms with Crippen LogP contribution >= 0.6 is 11.6 Å². The molecule has 0 amide bonds. The van der Waals surface area contributed by atoms with E-state index in [2.05, 4.69) is 4.90 Å². The maximum atomic E-state index is 13.3. The molecule has 0 spiro atoms. The van der Waals surface area contributed by atoms with Crippen LogP contribution in [0.4, 0.5) is 10.1 Å². The Bertz CT molecular complexity index is 717.